The monoisotopic (exact) mass is 156 g/mol. The van der Waals surface area contributed by atoms with E-state index in [0.29, 0.717) is 0 Å². The molecule has 6 heteroatoms. The molecule has 0 bridgehead atoms. The maximum absolute atomic E-state index is 11.5. The SMILES string of the molecule is CNC(=O)[C@H](N)C(F)(F)F. The van der Waals surface area contributed by atoms with E-state index in [0.717, 1.165) is 7.05 Å². The predicted octanol–water partition coefficient (Wildman–Crippen LogP) is -0.378. The van der Waals surface area contributed by atoms with Crippen LogP contribution in [-0.2, 0) is 4.79 Å². The van der Waals surface area contributed by atoms with Gasteiger partial charge in [0.05, 0.1) is 0 Å². The molecule has 0 aliphatic rings. The Labute approximate surface area is 55.4 Å². The summed E-state index contributed by atoms with van der Waals surface area (Å²) in [5.74, 6) is -1.23. The van der Waals surface area contributed by atoms with E-state index in [1.165, 1.54) is 0 Å². The summed E-state index contributed by atoms with van der Waals surface area (Å²) in [5, 5.41) is 1.79. The van der Waals surface area contributed by atoms with Crippen LogP contribution in [-0.4, -0.2) is 25.2 Å². The smallest absolute Gasteiger partial charge is 0.358 e. The van der Waals surface area contributed by atoms with Crippen molar-refractivity contribution in [2.75, 3.05) is 7.05 Å². The van der Waals surface area contributed by atoms with Crippen LogP contribution in [0, 0.1) is 0 Å². The van der Waals surface area contributed by atoms with E-state index in [9.17, 15) is 18.0 Å². The average molecular weight is 156 g/mol. The quantitative estimate of drug-likeness (QED) is 0.543. The zero-order valence-electron chi connectivity index (χ0n) is 5.20. The van der Waals surface area contributed by atoms with E-state index < -0.39 is 18.1 Å². The van der Waals surface area contributed by atoms with Gasteiger partial charge in [-0.05, 0) is 0 Å². The number of carbonyl (C=O) groups excluding carboxylic acids is 1. The highest BCUT2D eigenvalue weighted by Gasteiger charge is 2.41. The van der Waals surface area contributed by atoms with Crippen molar-refractivity contribution in [2.45, 2.75) is 12.2 Å². The summed E-state index contributed by atoms with van der Waals surface area (Å²) < 4.78 is 34.5. The minimum absolute atomic E-state index is 1.09. The first-order valence-electron chi connectivity index (χ1n) is 2.43. The second-order valence-electron chi connectivity index (χ2n) is 1.63. The first-order valence-corrected chi connectivity index (χ1v) is 2.43. The van der Waals surface area contributed by atoms with Gasteiger partial charge in [-0.15, -0.1) is 0 Å². The van der Waals surface area contributed by atoms with Gasteiger partial charge in [0.2, 0.25) is 5.91 Å². The lowest BCUT2D eigenvalue weighted by atomic mass is 10.3. The summed E-state index contributed by atoms with van der Waals surface area (Å²) >= 11 is 0. The van der Waals surface area contributed by atoms with Crippen LogP contribution in [0.25, 0.3) is 0 Å². The average Bonchev–Trinajstić information content (AvgIpc) is 1.83. The summed E-state index contributed by atoms with van der Waals surface area (Å²) in [4.78, 5) is 10.2. The first-order chi connectivity index (χ1) is 4.39. The van der Waals surface area contributed by atoms with Gasteiger partial charge in [-0.1, -0.05) is 0 Å². The van der Waals surface area contributed by atoms with Crippen molar-refractivity contribution in [1.82, 2.24) is 5.32 Å². The zero-order chi connectivity index (χ0) is 8.36. The van der Waals surface area contributed by atoms with Gasteiger partial charge in [-0.2, -0.15) is 13.2 Å². The largest absolute Gasteiger partial charge is 0.412 e. The molecular formula is C4H7F3N2O. The molecule has 0 aromatic heterocycles. The molecule has 0 rings (SSSR count). The molecule has 1 atom stereocenters. The molecule has 0 saturated heterocycles. The summed E-state index contributed by atoms with van der Waals surface area (Å²) in [6.45, 7) is 0. The highest BCUT2D eigenvalue weighted by atomic mass is 19.4. The first kappa shape index (κ1) is 9.22. The Morgan fingerprint density at radius 1 is 1.60 bits per heavy atom. The van der Waals surface area contributed by atoms with E-state index in [2.05, 4.69) is 5.73 Å². The van der Waals surface area contributed by atoms with Crippen LogP contribution >= 0.6 is 0 Å². The molecule has 0 heterocycles. The Kier molecular flexibility index (Phi) is 2.65. The molecule has 0 saturated carbocycles. The van der Waals surface area contributed by atoms with Gasteiger partial charge in [0.15, 0.2) is 6.04 Å². The van der Waals surface area contributed by atoms with Crippen LogP contribution in [0.2, 0.25) is 0 Å². The number of alkyl halides is 3. The number of hydrogen-bond donors (Lipinski definition) is 2. The Balaban J connectivity index is 4.08. The predicted molar refractivity (Wildman–Crippen MR) is 28.1 cm³/mol. The Bertz CT molecular complexity index is 133. The Morgan fingerprint density at radius 3 is 2.10 bits per heavy atom. The van der Waals surface area contributed by atoms with Crippen molar-refractivity contribution in [3.8, 4) is 0 Å². The molecule has 0 unspecified atom stereocenters. The highest BCUT2D eigenvalue weighted by Crippen LogP contribution is 2.17. The molecule has 0 aromatic carbocycles. The van der Waals surface area contributed by atoms with Crippen molar-refractivity contribution < 1.29 is 18.0 Å². The molecule has 60 valence electrons. The molecular weight excluding hydrogens is 149 g/mol. The molecule has 0 radical (unpaired) electrons. The fourth-order valence-electron chi connectivity index (χ4n) is 0.304. The zero-order valence-corrected chi connectivity index (χ0v) is 5.20. The van der Waals surface area contributed by atoms with Crippen molar-refractivity contribution >= 4 is 5.91 Å². The lowest BCUT2D eigenvalue weighted by molar-refractivity contribution is -0.162. The minimum atomic E-state index is -4.65. The third-order valence-electron chi connectivity index (χ3n) is 0.882. The minimum Gasteiger partial charge on any atom is -0.358 e. The van der Waals surface area contributed by atoms with Gasteiger partial charge in [0.25, 0.3) is 0 Å². The summed E-state index contributed by atoms with van der Waals surface area (Å²) in [6, 6.07) is -2.42. The second kappa shape index (κ2) is 2.87. The highest BCUT2D eigenvalue weighted by molar-refractivity contribution is 5.81. The molecule has 3 N–H and O–H groups in total. The third-order valence-corrected chi connectivity index (χ3v) is 0.882. The Hall–Kier alpha value is -0.780. The summed E-state index contributed by atoms with van der Waals surface area (Å²) in [7, 11) is 1.09. The molecule has 3 nitrogen and oxygen atoms in total. The summed E-state index contributed by atoms with van der Waals surface area (Å²) in [5.41, 5.74) is 4.47. The fraction of sp³-hybridized carbons (Fsp3) is 0.750. The second-order valence-corrected chi connectivity index (χ2v) is 1.63. The lowest BCUT2D eigenvalue weighted by Crippen LogP contribution is -2.49. The van der Waals surface area contributed by atoms with Crippen molar-refractivity contribution in [2.24, 2.45) is 5.73 Å². The molecule has 0 spiro atoms. The van der Waals surface area contributed by atoms with Crippen molar-refractivity contribution in [1.29, 1.82) is 0 Å². The fourth-order valence-corrected chi connectivity index (χ4v) is 0.304. The number of likely N-dealkylation sites (N-methyl/N-ethyl adjacent to an activating group) is 1. The molecule has 0 aromatic rings. The Morgan fingerprint density at radius 2 is 2.00 bits per heavy atom. The number of halogens is 3. The van der Waals surface area contributed by atoms with E-state index in [1.807, 2.05) is 0 Å². The van der Waals surface area contributed by atoms with E-state index in [-0.39, 0.29) is 0 Å². The third kappa shape index (κ3) is 2.22. The lowest BCUT2D eigenvalue weighted by Gasteiger charge is -2.12. The topological polar surface area (TPSA) is 55.1 Å². The van der Waals surface area contributed by atoms with Crippen LogP contribution in [0.1, 0.15) is 0 Å². The number of nitrogens with two attached hydrogens (primary N) is 1. The van der Waals surface area contributed by atoms with E-state index in [1.54, 1.807) is 5.32 Å². The van der Waals surface area contributed by atoms with Gasteiger partial charge in [0, 0.05) is 7.05 Å². The molecule has 0 aliphatic heterocycles. The summed E-state index contributed by atoms with van der Waals surface area (Å²) in [6.07, 6.45) is -4.65. The standard InChI is InChI=1S/C4H7F3N2O/c1-9-3(10)2(8)4(5,6)7/h2H,8H2,1H3,(H,9,10)/t2-/m0/s1. The molecule has 0 aliphatic carbocycles. The van der Waals surface area contributed by atoms with Crippen LogP contribution in [0.5, 0.6) is 0 Å². The van der Waals surface area contributed by atoms with Crippen molar-refractivity contribution in [3.05, 3.63) is 0 Å². The van der Waals surface area contributed by atoms with Crippen LogP contribution in [0.15, 0.2) is 0 Å². The van der Waals surface area contributed by atoms with Gasteiger partial charge < -0.3 is 11.1 Å². The van der Waals surface area contributed by atoms with Crippen LogP contribution < -0.4 is 11.1 Å². The molecule has 0 fully saturated rings. The number of amides is 1. The number of rotatable bonds is 1. The van der Waals surface area contributed by atoms with Crippen molar-refractivity contribution in [3.63, 3.8) is 0 Å². The molecule has 10 heavy (non-hydrogen) atoms. The number of carbonyl (C=O) groups is 1. The normalized spacial score (nSPS) is 14.5. The van der Waals surface area contributed by atoms with Crippen LogP contribution in [0.3, 0.4) is 0 Å². The van der Waals surface area contributed by atoms with E-state index in [4.69, 9.17) is 0 Å². The van der Waals surface area contributed by atoms with E-state index >= 15 is 0 Å². The van der Waals surface area contributed by atoms with Gasteiger partial charge >= 0.3 is 6.18 Å². The number of nitrogens with one attached hydrogen (secondary N) is 1. The maximum atomic E-state index is 11.5. The molecule has 1 amide bonds. The number of hydrogen-bond acceptors (Lipinski definition) is 2. The van der Waals surface area contributed by atoms with Gasteiger partial charge in [0.1, 0.15) is 0 Å². The van der Waals surface area contributed by atoms with Gasteiger partial charge in [-0.25, -0.2) is 0 Å². The van der Waals surface area contributed by atoms with Crippen LogP contribution in [0.4, 0.5) is 13.2 Å². The maximum Gasteiger partial charge on any atom is 0.412 e. The van der Waals surface area contributed by atoms with Gasteiger partial charge in [-0.3, -0.25) is 4.79 Å².